The molecule has 1 unspecified atom stereocenters. The Bertz CT molecular complexity index is 1210. The minimum absolute atomic E-state index is 0.200. The topological polar surface area (TPSA) is 93.7 Å². The number of hydrogen-bond acceptors (Lipinski definition) is 5. The van der Waals surface area contributed by atoms with Crippen LogP contribution in [0.4, 0.5) is 0 Å². The Morgan fingerprint density at radius 2 is 1.30 bits per heavy atom. The summed E-state index contributed by atoms with van der Waals surface area (Å²) >= 11 is 5.91. The van der Waals surface area contributed by atoms with Gasteiger partial charge in [-0.1, -0.05) is 91.4 Å². The number of carbonyl (C=O) groups is 3. The number of halogens is 1. The minimum atomic E-state index is -1.07. The first kappa shape index (κ1) is 41.2. The highest BCUT2D eigenvalue weighted by Gasteiger charge is 2.29. The lowest BCUT2D eigenvalue weighted by Crippen LogP contribution is -2.46. The Morgan fingerprint density at radius 3 is 1.81 bits per heavy atom. The third-order valence-corrected chi connectivity index (χ3v) is 7.15. The molecule has 0 spiro atoms. The summed E-state index contributed by atoms with van der Waals surface area (Å²) in [5.74, 6) is -0.380. The van der Waals surface area contributed by atoms with Crippen LogP contribution in [0.15, 0.2) is 97.2 Å². The first-order chi connectivity index (χ1) is 22.7. The molecule has 0 aromatic heterocycles. The predicted octanol–water partition coefficient (Wildman–Crippen LogP) is 8.92. The molecule has 1 aromatic rings. The van der Waals surface area contributed by atoms with E-state index >= 15 is 0 Å². The highest BCUT2D eigenvalue weighted by Crippen LogP contribution is 2.21. The van der Waals surface area contributed by atoms with Crippen LogP contribution in [0.25, 0.3) is 0 Å². The normalized spacial score (nSPS) is 13.0. The van der Waals surface area contributed by atoms with Crippen molar-refractivity contribution in [2.45, 2.75) is 103 Å². The summed E-state index contributed by atoms with van der Waals surface area (Å²) in [6.07, 6.45) is 34.0. The number of benzene rings is 1. The van der Waals surface area contributed by atoms with Crippen LogP contribution >= 0.6 is 11.6 Å². The Kier molecular flexibility index (Phi) is 23.0. The second kappa shape index (κ2) is 26.3. The molecule has 2 N–H and O–H groups in total. The highest BCUT2D eigenvalue weighted by molar-refractivity contribution is 6.30. The molecule has 2 amide bonds. The monoisotopic (exact) mass is 666 g/mol. The molecule has 0 saturated heterocycles. The van der Waals surface area contributed by atoms with Crippen LogP contribution in [0.2, 0.25) is 5.02 Å². The average Bonchev–Trinajstić information content (AvgIpc) is 3.05. The fourth-order valence-electron chi connectivity index (χ4n) is 4.24. The maximum Gasteiger partial charge on any atom is 0.328 e. The fraction of sp³-hybridized carbons (Fsp3) is 0.462. The van der Waals surface area contributed by atoms with Gasteiger partial charge in [0.1, 0.15) is 11.8 Å². The molecule has 0 aliphatic carbocycles. The van der Waals surface area contributed by atoms with Gasteiger partial charge in [-0.3, -0.25) is 9.59 Å². The average molecular weight is 667 g/mol. The Hall–Kier alpha value is -3.84. The summed E-state index contributed by atoms with van der Waals surface area (Å²) in [6.45, 7) is 5.94. The van der Waals surface area contributed by atoms with Crippen LogP contribution in [-0.4, -0.2) is 43.1 Å². The van der Waals surface area contributed by atoms with Crippen LogP contribution in [0.5, 0.6) is 5.75 Å². The van der Waals surface area contributed by atoms with E-state index in [1.165, 1.54) is 7.11 Å². The summed E-state index contributed by atoms with van der Waals surface area (Å²) < 4.78 is 10.7. The minimum Gasteiger partial charge on any atom is -0.478 e. The molecule has 8 heteroatoms. The Morgan fingerprint density at radius 1 is 0.787 bits per heavy atom. The summed E-state index contributed by atoms with van der Waals surface area (Å²) in [4.78, 5) is 37.3. The van der Waals surface area contributed by atoms with E-state index in [2.05, 4.69) is 78.3 Å². The molecular weight excluding hydrogens is 612 g/mol. The maximum atomic E-state index is 12.6. The van der Waals surface area contributed by atoms with E-state index in [4.69, 9.17) is 21.1 Å². The molecule has 0 aliphatic rings. The molecule has 1 rings (SSSR count). The lowest BCUT2D eigenvalue weighted by atomic mass is 10.1. The number of unbranched alkanes of at least 4 members (excludes halogenated alkanes) is 1. The zero-order chi connectivity index (χ0) is 34.6. The van der Waals surface area contributed by atoms with Crippen molar-refractivity contribution in [1.82, 2.24) is 10.6 Å². The molecule has 0 saturated carbocycles. The molecule has 1 atom stereocenters. The molecule has 258 valence electrons. The molecule has 1 aromatic carbocycles. The van der Waals surface area contributed by atoms with Crippen molar-refractivity contribution < 1.29 is 23.9 Å². The van der Waals surface area contributed by atoms with E-state index in [1.807, 2.05) is 12.2 Å². The molecule has 7 nitrogen and oxygen atoms in total. The van der Waals surface area contributed by atoms with Gasteiger partial charge in [-0.05, 0) is 102 Å². The van der Waals surface area contributed by atoms with E-state index < -0.39 is 17.6 Å². The van der Waals surface area contributed by atoms with Gasteiger partial charge in [-0.25, -0.2) is 4.79 Å². The van der Waals surface area contributed by atoms with Gasteiger partial charge in [0.15, 0.2) is 5.60 Å². The van der Waals surface area contributed by atoms with Crippen LogP contribution in [0.3, 0.4) is 0 Å². The van der Waals surface area contributed by atoms with Gasteiger partial charge in [0.2, 0.25) is 5.91 Å². The zero-order valence-corrected chi connectivity index (χ0v) is 29.5. The van der Waals surface area contributed by atoms with Gasteiger partial charge >= 0.3 is 5.97 Å². The zero-order valence-electron chi connectivity index (χ0n) is 28.7. The number of esters is 1. The van der Waals surface area contributed by atoms with Crippen molar-refractivity contribution in [1.29, 1.82) is 0 Å². The molecule has 47 heavy (non-hydrogen) atoms. The van der Waals surface area contributed by atoms with Crippen LogP contribution in [0.1, 0.15) is 91.4 Å². The summed E-state index contributed by atoms with van der Waals surface area (Å²) in [5, 5.41) is 6.25. The van der Waals surface area contributed by atoms with Crippen LogP contribution in [0, 0.1) is 0 Å². The summed E-state index contributed by atoms with van der Waals surface area (Å²) in [5.41, 5.74) is -1.07. The van der Waals surface area contributed by atoms with Crippen molar-refractivity contribution >= 4 is 29.4 Å². The fourth-order valence-corrected chi connectivity index (χ4v) is 4.37. The standard InChI is InChI=1S/C39H55ClN2O5/c1-5-6-7-8-9-10-11-12-13-14-15-16-17-18-19-20-21-22-23-27-36(43)42-35(37(44)46-4)26-24-25-32-41-38(45)39(2,3)47-34-30-28-33(40)29-31-34/h6-7,9-10,12-13,15-16,18-19,21-22,28-31,35H,5,8,11,14,17,20,23-27,32H2,1-4H3,(H,41,45)(H,42,43)/b7-6-,10-9-,13-12-,16-15-,19-18-,22-21-. The number of hydrogen-bond donors (Lipinski definition) is 2. The van der Waals surface area contributed by atoms with E-state index in [0.717, 1.165) is 38.5 Å². The molecule has 0 heterocycles. The van der Waals surface area contributed by atoms with Gasteiger partial charge in [-0.2, -0.15) is 0 Å². The quantitative estimate of drug-likeness (QED) is 0.0653. The van der Waals surface area contributed by atoms with Crippen molar-refractivity contribution in [3.63, 3.8) is 0 Å². The van der Waals surface area contributed by atoms with Crippen molar-refractivity contribution in [2.75, 3.05) is 13.7 Å². The number of rotatable bonds is 24. The van der Waals surface area contributed by atoms with Gasteiger partial charge in [0.25, 0.3) is 5.91 Å². The smallest absolute Gasteiger partial charge is 0.328 e. The molecular formula is C39H55ClN2O5. The first-order valence-electron chi connectivity index (χ1n) is 16.7. The third-order valence-electron chi connectivity index (χ3n) is 6.89. The van der Waals surface area contributed by atoms with E-state index in [9.17, 15) is 14.4 Å². The SMILES string of the molecule is CC/C=C\C/C=C\C/C=C\C/C=C\C/C=C\C/C=C\CCC(=O)NC(CCCCNC(=O)C(C)(C)Oc1ccc(Cl)cc1)C(=O)OC. The number of carbonyl (C=O) groups excluding carboxylic acids is 3. The molecule has 0 fully saturated rings. The lowest BCUT2D eigenvalue weighted by Gasteiger charge is -2.25. The van der Waals surface area contributed by atoms with Crippen LogP contribution < -0.4 is 15.4 Å². The van der Waals surface area contributed by atoms with Crippen molar-refractivity contribution in [2.24, 2.45) is 0 Å². The van der Waals surface area contributed by atoms with Gasteiger partial charge in [0, 0.05) is 18.0 Å². The largest absolute Gasteiger partial charge is 0.478 e. The number of amides is 2. The molecule has 0 radical (unpaired) electrons. The van der Waals surface area contributed by atoms with Gasteiger partial charge < -0.3 is 20.1 Å². The number of methoxy groups -OCH3 is 1. The van der Waals surface area contributed by atoms with Crippen molar-refractivity contribution in [3.8, 4) is 5.75 Å². The second-order valence-electron chi connectivity index (χ2n) is 11.4. The Balaban J connectivity index is 2.22. The molecule has 0 aliphatic heterocycles. The highest BCUT2D eigenvalue weighted by atomic mass is 35.5. The number of nitrogens with one attached hydrogen (secondary N) is 2. The number of ether oxygens (including phenoxy) is 2. The van der Waals surface area contributed by atoms with Gasteiger partial charge in [-0.15, -0.1) is 0 Å². The number of allylic oxidation sites excluding steroid dienone is 12. The van der Waals surface area contributed by atoms with Gasteiger partial charge in [0.05, 0.1) is 7.11 Å². The Labute approximate surface area is 287 Å². The predicted molar refractivity (Wildman–Crippen MR) is 194 cm³/mol. The lowest BCUT2D eigenvalue weighted by molar-refractivity contribution is -0.145. The van der Waals surface area contributed by atoms with E-state index in [1.54, 1.807) is 38.1 Å². The maximum absolute atomic E-state index is 12.6. The third kappa shape index (κ3) is 21.6. The van der Waals surface area contributed by atoms with E-state index in [-0.39, 0.29) is 18.2 Å². The summed E-state index contributed by atoms with van der Waals surface area (Å²) in [6, 6.07) is 6.10. The summed E-state index contributed by atoms with van der Waals surface area (Å²) in [7, 11) is 1.31. The van der Waals surface area contributed by atoms with Crippen LogP contribution in [-0.2, 0) is 19.1 Å². The van der Waals surface area contributed by atoms with E-state index in [0.29, 0.717) is 43.0 Å². The molecule has 0 bridgehead atoms. The first-order valence-corrected chi connectivity index (χ1v) is 17.1. The second-order valence-corrected chi connectivity index (χ2v) is 11.9. The van der Waals surface area contributed by atoms with Crippen molar-refractivity contribution in [3.05, 3.63) is 102 Å².